The maximum atomic E-state index is 14.1. The molecule has 12 heteroatoms. The van der Waals surface area contributed by atoms with E-state index in [0.717, 1.165) is 73.4 Å². The fourth-order valence-electron chi connectivity index (χ4n) is 7.95. The number of ether oxygens (including phenoxy) is 2. The van der Waals surface area contributed by atoms with Gasteiger partial charge in [-0.3, -0.25) is 14.5 Å². The number of piperazine rings is 1. The van der Waals surface area contributed by atoms with Crippen LogP contribution in [0.15, 0.2) is 36.4 Å². The Balaban J connectivity index is 0.00000486. The highest BCUT2D eigenvalue weighted by Gasteiger charge is 2.36. The molecule has 0 spiro atoms. The van der Waals surface area contributed by atoms with Gasteiger partial charge in [0.15, 0.2) is 6.10 Å². The summed E-state index contributed by atoms with van der Waals surface area (Å²) in [5.41, 5.74) is 4.35. The van der Waals surface area contributed by atoms with Crippen molar-refractivity contribution < 1.29 is 28.7 Å². The summed E-state index contributed by atoms with van der Waals surface area (Å²) < 4.78 is 11.3. The molecule has 6 rings (SSSR count). The number of rotatable bonds is 8. The number of carbonyl (C=O) groups excluding carboxylic acids is 4. The van der Waals surface area contributed by atoms with Crippen LogP contribution in [-0.4, -0.2) is 133 Å². The molecular weight excluding hydrogens is 636 g/mol. The Hall–Kier alpha value is -4.16. The lowest BCUT2D eigenvalue weighted by Crippen LogP contribution is -2.56. The lowest BCUT2D eigenvalue weighted by Gasteiger charge is -2.42. The van der Waals surface area contributed by atoms with Crippen LogP contribution in [0.5, 0.6) is 5.75 Å². The molecule has 0 saturated carbocycles. The minimum atomic E-state index is -0.994. The lowest BCUT2D eigenvalue weighted by molar-refractivity contribution is -0.143. The predicted octanol–water partition coefficient (Wildman–Crippen LogP) is 4.32. The van der Waals surface area contributed by atoms with Gasteiger partial charge in [0, 0.05) is 70.0 Å². The maximum Gasteiger partial charge on any atom is 0.410 e. The highest BCUT2D eigenvalue weighted by Crippen LogP contribution is 2.28. The van der Waals surface area contributed by atoms with Gasteiger partial charge < -0.3 is 34.4 Å². The predicted molar refractivity (Wildman–Crippen MR) is 192 cm³/mol. The number of nitrogens with zero attached hydrogens (tertiary/aromatic N) is 5. The fourth-order valence-corrected chi connectivity index (χ4v) is 7.95. The van der Waals surface area contributed by atoms with Crippen LogP contribution in [0, 0.1) is 13.8 Å². The van der Waals surface area contributed by atoms with E-state index in [1.165, 1.54) is 0 Å². The molecule has 4 amide bonds. The van der Waals surface area contributed by atoms with Crippen molar-refractivity contribution >= 4 is 30.2 Å². The number of anilines is 1. The molecule has 1 atom stereocenters. The minimum absolute atomic E-state index is 0. The van der Waals surface area contributed by atoms with Gasteiger partial charge in [-0.05, 0) is 94.4 Å². The zero-order chi connectivity index (χ0) is 34.5. The van der Waals surface area contributed by atoms with Gasteiger partial charge in [0.2, 0.25) is 0 Å². The maximum absolute atomic E-state index is 14.1. The molecule has 0 radical (unpaired) electrons. The molecule has 0 aromatic heterocycles. The molecule has 4 heterocycles. The van der Waals surface area contributed by atoms with Crippen molar-refractivity contribution in [2.75, 3.05) is 71.3 Å². The third-order valence-corrected chi connectivity index (χ3v) is 10.8. The fraction of sp³-hybridized carbons (Fsp3) is 0.579. The summed E-state index contributed by atoms with van der Waals surface area (Å²) in [4.78, 5) is 62.2. The van der Waals surface area contributed by atoms with E-state index < -0.39 is 12.2 Å². The number of aryl methyl sites for hydroxylation is 2. The van der Waals surface area contributed by atoms with E-state index in [0.29, 0.717) is 63.8 Å². The topological polar surface area (TPSA) is 115 Å². The van der Waals surface area contributed by atoms with Crippen LogP contribution in [0.1, 0.15) is 55.4 Å². The highest BCUT2D eigenvalue weighted by molar-refractivity contribution is 5.91. The molecule has 4 aliphatic heterocycles. The second-order valence-electron chi connectivity index (χ2n) is 14.0. The van der Waals surface area contributed by atoms with Gasteiger partial charge in [0.1, 0.15) is 5.75 Å². The molecule has 272 valence electrons. The van der Waals surface area contributed by atoms with Crippen LogP contribution in [0.2, 0.25) is 0 Å². The van der Waals surface area contributed by atoms with Gasteiger partial charge in [-0.25, -0.2) is 9.59 Å². The van der Waals surface area contributed by atoms with E-state index in [-0.39, 0.29) is 31.8 Å². The zero-order valence-electron chi connectivity index (χ0n) is 29.1. The molecule has 50 heavy (non-hydrogen) atoms. The van der Waals surface area contributed by atoms with E-state index in [1.807, 2.05) is 60.0 Å². The minimum Gasteiger partial charge on any atom is -0.436 e. The average Bonchev–Trinajstić information content (AvgIpc) is 3.27. The third-order valence-electron chi connectivity index (χ3n) is 10.8. The van der Waals surface area contributed by atoms with Gasteiger partial charge in [-0.15, -0.1) is 0 Å². The normalized spacial score (nSPS) is 20.2. The van der Waals surface area contributed by atoms with Gasteiger partial charge in [0.05, 0.1) is 0 Å². The van der Waals surface area contributed by atoms with Crippen molar-refractivity contribution in [1.29, 1.82) is 0 Å². The molecule has 2 aromatic rings. The number of para-hydroxylation sites is 1. The monoisotopic (exact) mass is 690 g/mol. The largest absolute Gasteiger partial charge is 0.436 e. The van der Waals surface area contributed by atoms with E-state index in [1.54, 1.807) is 4.90 Å². The molecule has 1 N–H and O–H groups in total. The smallest absolute Gasteiger partial charge is 0.410 e. The van der Waals surface area contributed by atoms with Crippen LogP contribution in [0.4, 0.5) is 15.3 Å². The number of piperidine rings is 2. The SMILES string of the molecule is C.Cc1cc(C[C@@H](OC(=O)N2CCC(N3CCc4ccccc4NC3=O)CC2)C(=O)N2CCN(C3CCN(C)CC3)CC2)cc(C)c1OC=O. The van der Waals surface area contributed by atoms with Crippen LogP contribution in [0.3, 0.4) is 0 Å². The van der Waals surface area contributed by atoms with Crippen LogP contribution in [-0.2, 0) is 27.2 Å². The summed E-state index contributed by atoms with van der Waals surface area (Å²) in [5, 5.41) is 3.05. The summed E-state index contributed by atoms with van der Waals surface area (Å²) in [7, 11) is 2.16. The van der Waals surface area contributed by atoms with Crippen molar-refractivity contribution in [3.05, 3.63) is 58.7 Å². The lowest BCUT2D eigenvalue weighted by atomic mass is 10.00. The summed E-state index contributed by atoms with van der Waals surface area (Å²) in [5.74, 6) is 0.309. The number of carbonyl (C=O) groups is 4. The Bertz CT molecular complexity index is 1490. The molecule has 4 aliphatic rings. The number of nitrogens with one attached hydrogen (secondary N) is 1. The van der Waals surface area contributed by atoms with Gasteiger partial charge in [-0.1, -0.05) is 37.8 Å². The first-order valence-corrected chi connectivity index (χ1v) is 17.7. The van der Waals surface area contributed by atoms with Crippen molar-refractivity contribution in [3.8, 4) is 5.75 Å². The van der Waals surface area contributed by atoms with Crippen molar-refractivity contribution in [3.63, 3.8) is 0 Å². The standard InChI is InChI=1S/C37H50N6O6.CH4/c1-26-22-28(23-27(2)34(26)48-25-44)24-33(35(45)41-20-18-40(19-21-41)30-9-13-39(3)14-10-30)49-37(47)42-15-11-31(12-16-42)43-17-8-29-6-4-5-7-32(29)38-36(43)46;/h4-7,22-23,25,30-31,33H,8-21,24H2,1-3H3,(H,38,46);1H4/t33-;/m1./s1. The zero-order valence-corrected chi connectivity index (χ0v) is 29.1. The first-order valence-electron chi connectivity index (χ1n) is 17.7. The van der Waals surface area contributed by atoms with Gasteiger partial charge in [0.25, 0.3) is 12.4 Å². The van der Waals surface area contributed by atoms with Crippen LogP contribution >= 0.6 is 0 Å². The first-order chi connectivity index (χ1) is 23.7. The van der Waals surface area contributed by atoms with Crippen LogP contribution < -0.4 is 10.1 Å². The van der Waals surface area contributed by atoms with E-state index in [9.17, 15) is 19.2 Å². The highest BCUT2D eigenvalue weighted by atomic mass is 16.6. The third kappa shape index (κ3) is 8.58. The number of benzene rings is 2. The summed E-state index contributed by atoms with van der Waals surface area (Å²) >= 11 is 0. The Labute approximate surface area is 296 Å². The second kappa shape index (κ2) is 16.7. The molecule has 0 bridgehead atoms. The van der Waals surface area contributed by atoms with Crippen molar-refractivity contribution in [1.82, 2.24) is 24.5 Å². The Morgan fingerprint density at radius 3 is 2.18 bits per heavy atom. The van der Waals surface area contributed by atoms with Gasteiger partial charge in [-0.2, -0.15) is 0 Å². The molecular formula is C38H54N6O6. The Morgan fingerprint density at radius 1 is 0.880 bits per heavy atom. The molecule has 12 nitrogen and oxygen atoms in total. The Morgan fingerprint density at radius 2 is 1.52 bits per heavy atom. The van der Waals surface area contributed by atoms with E-state index in [4.69, 9.17) is 9.47 Å². The number of hydrogen-bond acceptors (Lipinski definition) is 8. The number of fused-ring (bicyclic) bond motifs is 1. The number of amides is 4. The van der Waals surface area contributed by atoms with Crippen molar-refractivity contribution in [2.24, 2.45) is 0 Å². The molecule has 3 fully saturated rings. The molecule has 2 aromatic carbocycles. The summed E-state index contributed by atoms with van der Waals surface area (Å²) in [6, 6.07) is 12.1. The number of hydrogen-bond donors (Lipinski definition) is 1. The molecule has 0 aliphatic carbocycles. The van der Waals surface area contributed by atoms with Crippen LogP contribution in [0.25, 0.3) is 0 Å². The quantitative estimate of drug-likeness (QED) is 0.408. The number of likely N-dealkylation sites (tertiary alicyclic amines) is 2. The summed E-state index contributed by atoms with van der Waals surface area (Å²) in [6.45, 7) is 10.6. The Kier molecular flexibility index (Phi) is 12.4. The molecule has 0 unspecified atom stereocenters. The summed E-state index contributed by atoms with van der Waals surface area (Å²) in [6.07, 6.45) is 3.03. The average molecular weight is 691 g/mol. The van der Waals surface area contributed by atoms with E-state index >= 15 is 0 Å². The molecule has 3 saturated heterocycles. The second-order valence-corrected chi connectivity index (χ2v) is 14.0. The first kappa shape index (κ1) is 37.1. The van der Waals surface area contributed by atoms with E-state index in [2.05, 4.69) is 22.2 Å². The number of urea groups is 1. The van der Waals surface area contributed by atoms with Gasteiger partial charge >= 0.3 is 12.1 Å². The van der Waals surface area contributed by atoms with Crippen molar-refractivity contribution in [2.45, 2.75) is 78.0 Å².